The number of benzene rings is 1. The molecule has 2 aliphatic rings. The van der Waals surface area contributed by atoms with Gasteiger partial charge in [-0.3, -0.25) is 4.79 Å². The van der Waals surface area contributed by atoms with Gasteiger partial charge in [-0.1, -0.05) is 18.2 Å². The molecule has 0 bridgehead atoms. The molecule has 2 N–H and O–H groups in total. The Morgan fingerprint density at radius 1 is 1.12 bits per heavy atom. The standard InChI is InChI=1S/C19H29N3O.2ClH/c23-19(9-8-16-10-12-20-13-11-16)21-17-5-4-14-22(15-17)18-6-2-1-3-7-18;;/h1-3,6-7,16-17,20H,4-5,8-15H2,(H,21,23);2*1H. The maximum atomic E-state index is 12.3. The fraction of sp³-hybridized carbons (Fsp3) is 0.632. The fourth-order valence-corrected chi connectivity index (χ4v) is 3.77. The van der Waals surface area contributed by atoms with Crippen molar-refractivity contribution in [2.24, 2.45) is 5.92 Å². The van der Waals surface area contributed by atoms with Gasteiger partial charge in [0.1, 0.15) is 0 Å². The van der Waals surface area contributed by atoms with Gasteiger partial charge in [-0.25, -0.2) is 0 Å². The zero-order chi connectivity index (χ0) is 15.9. The van der Waals surface area contributed by atoms with Gasteiger partial charge >= 0.3 is 0 Å². The van der Waals surface area contributed by atoms with E-state index in [2.05, 4.69) is 39.8 Å². The Morgan fingerprint density at radius 2 is 1.84 bits per heavy atom. The van der Waals surface area contributed by atoms with Gasteiger partial charge in [0.15, 0.2) is 0 Å². The van der Waals surface area contributed by atoms with Crippen molar-refractivity contribution in [2.45, 2.75) is 44.6 Å². The monoisotopic (exact) mass is 387 g/mol. The molecule has 3 rings (SSSR count). The summed E-state index contributed by atoms with van der Waals surface area (Å²) in [5.41, 5.74) is 1.26. The lowest BCUT2D eigenvalue weighted by atomic mass is 9.93. The van der Waals surface area contributed by atoms with Gasteiger partial charge in [-0.05, 0) is 63.2 Å². The molecule has 1 unspecified atom stereocenters. The summed E-state index contributed by atoms with van der Waals surface area (Å²) in [6.07, 6.45) is 6.42. The Bertz CT molecular complexity index is 495. The normalized spacial score (nSPS) is 21.0. The SMILES string of the molecule is Cl.Cl.O=C(CCC1CCNCC1)NC1CCCN(c2ccccc2)C1. The third kappa shape index (κ3) is 7.04. The minimum atomic E-state index is 0. The van der Waals surface area contributed by atoms with Crippen LogP contribution in [0.15, 0.2) is 30.3 Å². The van der Waals surface area contributed by atoms with E-state index in [1.807, 2.05) is 6.07 Å². The zero-order valence-corrected chi connectivity index (χ0v) is 16.4. The Balaban J connectivity index is 0.00000156. The highest BCUT2D eigenvalue weighted by atomic mass is 35.5. The van der Waals surface area contributed by atoms with Crippen LogP contribution in [0.2, 0.25) is 0 Å². The highest BCUT2D eigenvalue weighted by Gasteiger charge is 2.22. The summed E-state index contributed by atoms with van der Waals surface area (Å²) >= 11 is 0. The van der Waals surface area contributed by atoms with Gasteiger partial charge in [0.05, 0.1) is 0 Å². The van der Waals surface area contributed by atoms with E-state index in [-0.39, 0.29) is 30.7 Å². The Hall–Kier alpha value is -0.970. The van der Waals surface area contributed by atoms with Crippen molar-refractivity contribution < 1.29 is 4.79 Å². The Morgan fingerprint density at radius 3 is 2.56 bits per heavy atom. The van der Waals surface area contributed by atoms with Crippen molar-refractivity contribution in [3.05, 3.63) is 30.3 Å². The van der Waals surface area contributed by atoms with Gasteiger partial charge in [0.2, 0.25) is 5.91 Å². The van der Waals surface area contributed by atoms with Crippen LogP contribution in [0, 0.1) is 5.92 Å². The molecule has 1 atom stereocenters. The number of hydrogen-bond donors (Lipinski definition) is 2. The topological polar surface area (TPSA) is 44.4 Å². The number of anilines is 1. The first kappa shape index (κ1) is 22.1. The minimum Gasteiger partial charge on any atom is -0.369 e. The van der Waals surface area contributed by atoms with Gasteiger partial charge in [-0.15, -0.1) is 24.8 Å². The highest BCUT2D eigenvalue weighted by Crippen LogP contribution is 2.20. The molecule has 1 aromatic rings. The largest absolute Gasteiger partial charge is 0.369 e. The summed E-state index contributed by atoms with van der Waals surface area (Å²) in [6, 6.07) is 10.8. The first-order valence-corrected chi connectivity index (χ1v) is 9.11. The fourth-order valence-electron chi connectivity index (χ4n) is 3.77. The van der Waals surface area contributed by atoms with Crippen LogP contribution in [-0.2, 0) is 4.79 Å². The summed E-state index contributed by atoms with van der Waals surface area (Å²) in [6.45, 7) is 4.25. The quantitative estimate of drug-likeness (QED) is 0.813. The summed E-state index contributed by atoms with van der Waals surface area (Å²) in [7, 11) is 0. The van der Waals surface area contributed by atoms with Gasteiger partial charge in [-0.2, -0.15) is 0 Å². The third-order valence-corrected chi connectivity index (χ3v) is 5.15. The van der Waals surface area contributed by atoms with Gasteiger partial charge < -0.3 is 15.5 Å². The van der Waals surface area contributed by atoms with Crippen molar-refractivity contribution in [2.75, 3.05) is 31.1 Å². The molecule has 0 aliphatic carbocycles. The van der Waals surface area contributed by atoms with Crippen LogP contribution in [0.3, 0.4) is 0 Å². The third-order valence-electron chi connectivity index (χ3n) is 5.15. The van der Waals surface area contributed by atoms with E-state index in [9.17, 15) is 4.79 Å². The van der Waals surface area contributed by atoms with Crippen LogP contribution in [0.25, 0.3) is 0 Å². The van der Waals surface area contributed by atoms with Crippen LogP contribution >= 0.6 is 24.8 Å². The van der Waals surface area contributed by atoms with E-state index >= 15 is 0 Å². The molecule has 2 fully saturated rings. The molecule has 0 saturated carbocycles. The molecular formula is C19H31Cl2N3O. The number of carbonyl (C=O) groups excluding carboxylic acids is 1. The maximum absolute atomic E-state index is 12.3. The molecule has 2 aliphatic heterocycles. The number of amides is 1. The number of hydrogen-bond acceptors (Lipinski definition) is 3. The lowest BCUT2D eigenvalue weighted by Gasteiger charge is -2.35. The van der Waals surface area contributed by atoms with E-state index in [1.54, 1.807) is 0 Å². The molecule has 0 radical (unpaired) electrons. The van der Waals surface area contributed by atoms with E-state index in [4.69, 9.17) is 0 Å². The van der Waals surface area contributed by atoms with Crippen molar-refractivity contribution in [1.82, 2.24) is 10.6 Å². The maximum Gasteiger partial charge on any atom is 0.220 e. The van der Waals surface area contributed by atoms with Crippen LogP contribution in [-0.4, -0.2) is 38.1 Å². The van der Waals surface area contributed by atoms with Crippen LogP contribution < -0.4 is 15.5 Å². The number of rotatable bonds is 5. The number of halogens is 2. The molecular weight excluding hydrogens is 357 g/mol. The average Bonchev–Trinajstić information content (AvgIpc) is 2.62. The first-order chi connectivity index (χ1) is 11.3. The lowest BCUT2D eigenvalue weighted by molar-refractivity contribution is -0.122. The minimum absolute atomic E-state index is 0. The van der Waals surface area contributed by atoms with Gasteiger partial charge in [0, 0.05) is 31.2 Å². The molecule has 25 heavy (non-hydrogen) atoms. The van der Waals surface area contributed by atoms with E-state index in [0.29, 0.717) is 12.5 Å². The summed E-state index contributed by atoms with van der Waals surface area (Å²) < 4.78 is 0. The lowest BCUT2D eigenvalue weighted by Crippen LogP contribution is -2.47. The van der Waals surface area contributed by atoms with Crippen LogP contribution in [0.5, 0.6) is 0 Å². The molecule has 2 saturated heterocycles. The molecule has 1 aromatic carbocycles. The van der Waals surface area contributed by atoms with E-state index in [1.165, 1.54) is 18.5 Å². The molecule has 6 heteroatoms. The Labute approximate surface area is 163 Å². The van der Waals surface area contributed by atoms with Crippen molar-refractivity contribution in [3.8, 4) is 0 Å². The summed E-state index contributed by atoms with van der Waals surface area (Å²) in [4.78, 5) is 14.6. The van der Waals surface area contributed by atoms with E-state index in [0.717, 1.165) is 51.4 Å². The second-order valence-corrected chi connectivity index (χ2v) is 6.92. The van der Waals surface area contributed by atoms with Crippen molar-refractivity contribution >= 4 is 36.4 Å². The molecule has 0 aromatic heterocycles. The van der Waals surface area contributed by atoms with Crippen molar-refractivity contribution in [1.29, 1.82) is 0 Å². The number of para-hydroxylation sites is 1. The molecule has 1 amide bonds. The second kappa shape index (κ2) is 11.6. The van der Waals surface area contributed by atoms with E-state index < -0.39 is 0 Å². The zero-order valence-electron chi connectivity index (χ0n) is 14.8. The number of nitrogens with zero attached hydrogens (tertiary/aromatic N) is 1. The smallest absolute Gasteiger partial charge is 0.220 e. The van der Waals surface area contributed by atoms with Crippen LogP contribution in [0.4, 0.5) is 5.69 Å². The predicted octanol–water partition coefficient (Wildman–Crippen LogP) is 3.40. The number of nitrogens with one attached hydrogen (secondary N) is 2. The molecule has 4 nitrogen and oxygen atoms in total. The predicted molar refractivity (Wildman–Crippen MR) is 109 cm³/mol. The molecule has 2 heterocycles. The first-order valence-electron chi connectivity index (χ1n) is 9.11. The second-order valence-electron chi connectivity index (χ2n) is 6.92. The highest BCUT2D eigenvalue weighted by molar-refractivity contribution is 5.85. The number of piperidine rings is 2. The van der Waals surface area contributed by atoms with Crippen molar-refractivity contribution in [3.63, 3.8) is 0 Å². The average molecular weight is 388 g/mol. The molecule has 142 valence electrons. The number of carbonyl (C=O) groups is 1. The molecule has 0 spiro atoms. The van der Waals surface area contributed by atoms with Gasteiger partial charge in [0.25, 0.3) is 0 Å². The van der Waals surface area contributed by atoms with Crippen LogP contribution in [0.1, 0.15) is 38.5 Å². The summed E-state index contributed by atoms with van der Waals surface area (Å²) in [5, 5.41) is 6.64. The summed E-state index contributed by atoms with van der Waals surface area (Å²) in [5.74, 6) is 0.970. The Kier molecular flexibility index (Phi) is 10.2.